The van der Waals surface area contributed by atoms with Crippen molar-refractivity contribution in [1.29, 1.82) is 0 Å². The van der Waals surface area contributed by atoms with Crippen LogP contribution >= 0.6 is 0 Å². The van der Waals surface area contributed by atoms with E-state index in [4.69, 9.17) is 0 Å². The molecule has 0 nitrogen and oxygen atoms in total. The Morgan fingerprint density at radius 2 is 1.00 bits per heavy atom. The fourth-order valence-electron chi connectivity index (χ4n) is 0. The van der Waals surface area contributed by atoms with Crippen LogP contribution in [0.25, 0.3) is 0 Å². The van der Waals surface area contributed by atoms with Gasteiger partial charge in [-0.25, -0.2) is 0 Å². The molecule has 0 aliphatic heterocycles. The van der Waals surface area contributed by atoms with E-state index in [1.807, 2.05) is 0 Å². The third kappa shape index (κ3) is 17.3. The molecule has 0 atom stereocenters. The maximum Gasteiger partial charge on any atom is 0 e. The minimum absolute atomic E-state index is 0. The summed E-state index contributed by atoms with van der Waals surface area (Å²) < 4.78 is 0. The predicted octanol–water partition coefficient (Wildman–Crippen LogP) is 1.21. The van der Waals surface area contributed by atoms with Crippen LogP contribution in [0.5, 0.6) is 0 Å². The van der Waals surface area contributed by atoms with Crippen molar-refractivity contribution in [2.45, 2.75) is 0 Å². The van der Waals surface area contributed by atoms with Gasteiger partial charge in [-0.05, 0) is 0 Å². The Labute approximate surface area is 89.9 Å². The van der Waals surface area contributed by atoms with Crippen molar-refractivity contribution in [3.63, 3.8) is 0 Å². The second-order valence-corrected chi connectivity index (χ2v) is 0.471. The SMILES string of the molecule is [CH2-]/C=C\[CH2-].[Y].[Y]. The minimum Gasteiger partial charge on any atom is -0.382 e. The van der Waals surface area contributed by atoms with Crippen LogP contribution < -0.4 is 0 Å². The van der Waals surface area contributed by atoms with Gasteiger partial charge in [0.1, 0.15) is 0 Å². The van der Waals surface area contributed by atoms with E-state index in [9.17, 15) is 0 Å². The smallest absolute Gasteiger partial charge is 0 e. The molecule has 0 amide bonds. The van der Waals surface area contributed by atoms with Crippen molar-refractivity contribution in [3.05, 3.63) is 26.0 Å². The first kappa shape index (κ1) is 15.6. The minimum atomic E-state index is 0. The number of hydrogen-bond acceptors (Lipinski definition) is 0. The Hall–Kier alpha value is 1.69. The zero-order valence-electron chi connectivity index (χ0n) is 3.72. The monoisotopic (exact) mass is 232 g/mol. The number of rotatable bonds is 0. The van der Waals surface area contributed by atoms with Gasteiger partial charge in [-0.2, -0.15) is 0 Å². The van der Waals surface area contributed by atoms with Gasteiger partial charge in [0.2, 0.25) is 0 Å². The largest absolute Gasteiger partial charge is 0.382 e. The maximum absolute atomic E-state index is 3.36. The van der Waals surface area contributed by atoms with Gasteiger partial charge in [-0.1, -0.05) is 0 Å². The molecule has 0 aromatic carbocycles. The van der Waals surface area contributed by atoms with E-state index in [1.165, 1.54) is 0 Å². The first-order chi connectivity index (χ1) is 1.91. The van der Waals surface area contributed by atoms with Crippen molar-refractivity contribution in [2.75, 3.05) is 0 Å². The summed E-state index contributed by atoms with van der Waals surface area (Å²) in [7, 11) is 0. The first-order valence-corrected chi connectivity index (χ1v) is 1.15. The molecule has 0 bridgehead atoms. The molecule has 0 aromatic rings. The summed E-state index contributed by atoms with van der Waals surface area (Å²) in [4.78, 5) is 0. The normalized spacial score (nSPS) is 6.00. The second kappa shape index (κ2) is 15.9. The van der Waals surface area contributed by atoms with Gasteiger partial charge in [-0.15, -0.1) is 0 Å². The summed E-state index contributed by atoms with van der Waals surface area (Å²) in [5, 5.41) is 0. The molecular weight excluding hydrogens is 226 g/mol. The van der Waals surface area contributed by atoms with Crippen LogP contribution in [-0.4, -0.2) is 0 Å². The van der Waals surface area contributed by atoms with Crippen LogP contribution in [0.1, 0.15) is 0 Å². The summed E-state index contributed by atoms with van der Waals surface area (Å²) in [6, 6.07) is 0. The van der Waals surface area contributed by atoms with Gasteiger partial charge in [0, 0.05) is 65.4 Å². The molecular formula is C4H6Y2-2. The van der Waals surface area contributed by atoms with E-state index in [-0.39, 0.29) is 65.4 Å². The van der Waals surface area contributed by atoms with Crippen LogP contribution in [0.3, 0.4) is 0 Å². The Balaban J connectivity index is -0.0000000450. The van der Waals surface area contributed by atoms with Crippen molar-refractivity contribution in [1.82, 2.24) is 0 Å². The molecule has 0 fully saturated rings. The molecule has 2 radical (unpaired) electrons. The van der Waals surface area contributed by atoms with Crippen LogP contribution in [0.15, 0.2) is 12.2 Å². The molecule has 0 spiro atoms. The molecule has 0 heterocycles. The zero-order valence-corrected chi connectivity index (χ0v) is 9.40. The molecule has 6 heavy (non-hydrogen) atoms. The fraction of sp³-hybridized carbons (Fsp3) is 0. The van der Waals surface area contributed by atoms with E-state index < -0.39 is 0 Å². The summed E-state index contributed by atoms with van der Waals surface area (Å²) in [6.45, 7) is 6.72. The molecule has 0 aliphatic rings. The molecule has 0 rings (SSSR count). The predicted molar refractivity (Wildman–Crippen MR) is 19.9 cm³/mol. The summed E-state index contributed by atoms with van der Waals surface area (Å²) >= 11 is 0. The summed E-state index contributed by atoms with van der Waals surface area (Å²) in [6.07, 6.45) is 3.28. The Morgan fingerprint density at radius 3 is 1.00 bits per heavy atom. The third-order valence-corrected chi connectivity index (χ3v) is 0.167. The third-order valence-electron chi connectivity index (χ3n) is 0.167. The average Bonchev–Trinajstić information content (AvgIpc) is 1.37. The standard InChI is InChI=1S/C4H6.2Y/c1-3-4-2;;/h3-4H,1-2H2;;/q-2;;/b4-3-;;. The number of hydrogen-bond donors (Lipinski definition) is 0. The quantitative estimate of drug-likeness (QED) is 0.550. The molecule has 0 saturated carbocycles. The Morgan fingerprint density at radius 1 is 0.833 bits per heavy atom. The van der Waals surface area contributed by atoms with E-state index in [1.54, 1.807) is 12.2 Å². The molecule has 0 unspecified atom stereocenters. The molecule has 0 saturated heterocycles. The number of allylic oxidation sites excluding steroid dienone is 2. The van der Waals surface area contributed by atoms with Gasteiger partial charge in [0.05, 0.1) is 0 Å². The topological polar surface area (TPSA) is 0 Å². The molecule has 2 heteroatoms. The van der Waals surface area contributed by atoms with E-state index in [0.29, 0.717) is 0 Å². The van der Waals surface area contributed by atoms with Gasteiger partial charge >= 0.3 is 0 Å². The second-order valence-electron chi connectivity index (χ2n) is 0.471. The summed E-state index contributed by atoms with van der Waals surface area (Å²) in [5.74, 6) is 0. The first-order valence-electron chi connectivity index (χ1n) is 1.15. The van der Waals surface area contributed by atoms with Crippen molar-refractivity contribution < 1.29 is 65.4 Å². The van der Waals surface area contributed by atoms with Gasteiger partial charge in [0.15, 0.2) is 0 Å². The van der Waals surface area contributed by atoms with Gasteiger partial charge in [0.25, 0.3) is 0 Å². The van der Waals surface area contributed by atoms with Gasteiger partial charge in [-0.3, -0.25) is 0 Å². The van der Waals surface area contributed by atoms with Crippen molar-refractivity contribution >= 4 is 0 Å². The van der Waals surface area contributed by atoms with Crippen LogP contribution in [0.2, 0.25) is 0 Å². The van der Waals surface area contributed by atoms with Crippen molar-refractivity contribution in [2.24, 2.45) is 0 Å². The van der Waals surface area contributed by atoms with E-state index >= 15 is 0 Å². The van der Waals surface area contributed by atoms with Crippen LogP contribution in [0, 0.1) is 13.8 Å². The Kier molecular flexibility index (Phi) is 41.5. The van der Waals surface area contributed by atoms with Crippen LogP contribution in [0.4, 0.5) is 0 Å². The molecule has 0 aromatic heterocycles. The molecule has 0 N–H and O–H groups in total. The van der Waals surface area contributed by atoms with Gasteiger partial charge < -0.3 is 26.0 Å². The van der Waals surface area contributed by atoms with Crippen LogP contribution in [-0.2, 0) is 65.4 Å². The zero-order chi connectivity index (χ0) is 3.41. The van der Waals surface area contributed by atoms with E-state index in [2.05, 4.69) is 13.8 Å². The summed E-state index contributed by atoms with van der Waals surface area (Å²) in [5.41, 5.74) is 0. The maximum atomic E-state index is 3.36. The molecule has 30 valence electrons. The average molecular weight is 232 g/mol. The fourth-order valence-corrected chi connectivity index (χ4v) is 0. The molecule has 0 aliphatic carbocycles. The van der Waals surface area contributed by atoms with Crippen molar-refractivity contribution in [3.8, 4) is 0 Å². The van der Waals surface area contributed by atoms with E-state index in [0.717, 1.165) is 0 Å². The Bertz CT molecular complexity index is 20.7.